The molecule has 0 aliphatic carbocycles. The average molecular weight is 264 g/mol. The molecule has 1 aromatic rings. The minimum atomic E-state index is -0.156. The summed E-state index contributed by atoms with van der Waals surface area (Å²) < 4.78 is 12.9. The molecular formula is C16H25FN2. The van der Waals surface area contributed by atoms with Crippen LogP contribution in [0.4, 0.5) is 4.39 Å². The van der Waals surface area contributed by atoms with E-state index in [2.05, 4.69) is 24.1 Å². The first-order valence-electron chi connectivity index (χ1n) is 7.34. The molecule has 1 saturated heterocycles. The van der Waals surface area contributed by atoms with E-state index >= 15 is 0 Å². The molecule has 0 saturated carbocycles. The fourth-order valence-corrected chi connectivity index (χ4v) is 2.69. The maximum atomic E-state index is 12.9. The van der Waals surface area contributed by atoms with Crippen LogP contribution in [0.15, 0.2) is 24.3 Å². The minimum absolute atomic E-state index is 0.156. The molecule has 3 heteroatoms. The van der Waals surface area contributed by atoms with Gasteiger partial charge in [-0.15, -0.1) is 0 Å². The summed E-state index contributed by atoms with van der Waals surface area (Å²) in [5.41, 5.74) is 1.19. The van der Waals surface area contributed by atoms with E-state index in [1.165, 1.54) is 18.4 Å². The van der Waals surface area contributed by atoms with Gasteiger partial charge >= 0.3 is 0 Å². The van der Waals surface area contributed by atoms with Crippen molar-refractivity contribution in [3.05, 3.63) is 35.6 Å². The number of halogens is 1. The van der Waals surface area contributed by atoms with Crippen LogP contribution in [-0.4, -0.2) is 30.6 Å². The first-order valence-corrected chi connectivity index (χ1v) is 7.34. The van der Waals surface area contributed by atoms with Crippen LogP contribution in [0.3, 0.4) is 0 Å². The first-order chi connectivity index (χ1) is 9.15. The van der Waals surface area contributed by atoms with Gasteiger partial charge < -0.3 is 5.32 Å². The number of hydrogen-bond acceptors (Lipinski definition) is 2. The number of benzene rings is 1. The quantitative estimate of drug-likeness (QED) is 0.879. The SMILES string of the molecule is CC(C)N(Cc1ccc(F)cc1)CC1CCCNC1. The van der Waals surface area contributed by atoms with Gasteiger partial charge in [-0.2, -0.15) is 0 Å². The lowest BCUT2D eigenvalue weighted by molar-refractivity contribution is 0.164. The molecule has 1 aromatic carbocycles. The molecule has 1 aliphatic rings. The van der Waals surface area contributed by atoms with Crippen molar-refractivity contribution in [2.45, 2.75) is 39.3 Å². The topological polar surface area (TPSA) is 15.3 Å². The molecule has 1 fully saturated rings. The highest BCUT2D eigenvalue weighted by Crippen LogP contribution is 2.16. The van der Waals surface area contributed by atoms with Crippen LogP contribution in [0.1, 0.15) is 32.3 Å². The van der Waals surface area contributed by atoms with Crippen LogP contribution in [-0.2, 0) is 6.54 Å². The van der Waals surface area contributed by atoms with Crippen molar-refractivity contribution in [3.63, 3.8) is 0 Å². The zero-order valence-electron chi connectivity index (χ0n) is 12.0. The molecule has 2 rings (SSSR count). The Kier molecular flexibility index (Phi) is 5.34. The van der Waals surface area contributed by atoms with Crippen molar-refractivity contribution < 1.29 is 4.39 Å². The summed E-state index contributed by atoms with van der Waals surface area (Å²) in [5.74, 6) is 0.591. The molecule has 0 spiro atoms. The molecule has 1 unspecified atom stereocenters. The monoisotopic (exact) mass is 264 g/mol. The van der Waals surface area contributed by atoms with E-state index in [-0.39, 0.29) is 5.82 Å². The van der Waals surface area contributed by atoms with Crippen molar-refractivity contribution in [1.29, 1.82) is 0 Å². The van der Waals surface area contributed by atoms with Crippen LogP contribution in [0.5, 0.6) is 0 Å². The summed E-state index contributed by atoms with van der Waals surface area (Å²) in [6.07, 6.45) is 2.60. The van der Waals surface area contributed by atoms with E-state index in [1.807, 2.05) is 12.1 Å². The summed E-state index contributed by atoms with van der Waals surface area (Å²) >= 11 is 0. The second-order valence-electron chi connectivity index (χ2n) is 5.86. The molecule has 19 heavy (non-hydrogen) atoms. The van der Waals surface area contributed by atoms with Gasteiger partial charge in [0.25, 0.3) is 0 Å². The van der Waals surface area contributed by atoms with Gasteiger partial charge in [0.1, 0.15) is 5.82 Å². The van der Waals surface area contributed by atoms with E-state index < -0.39 is 0 Å². The normalized spacial score (nSPS) is 20.2. The largest absolute Gasteiger partial charge is 0.316 e. The van der Waals surface area contributed by atoms with Gasteiger partial charge in [-0.05, 0) is 63.4 Å². The van der Waals surface area contributed by atoms with Gasteiger partial charge in [0.05, 0.1) is 0 Å². The molecule has 0 aromatic heterocycles. The molecule has 1 aliphatic heterocycles. The van der Waals surface area contributed by atoms with Gasteiger partial charge in [-0.25, -0.2) is 4.39 Å². The lowest BCUT2D eigenvalue weighted by atomic mass is 9.98. The number of nitrogens with zero attached hydrogens (tertiary/aromatic N) is 1. The van der Waals surface area contributed by atoms with E-state index in [0.29, 0.717) is 6.04 Å². The van der Waals surface area contributed by atoms with Gasteiger partial charge in [-0.3, -0.25) is 4.90 Å². The predicted molar refractivity (Wildman–Crippen MR) is 77.5 cm³/mol. The molecular weight excluding hydrogens is 239 g/mol. The zero-order valence-corrected chi connectivity index (χ0v) is 12.0. The lowest BCUT2D eigenvalue weighted by Gasteiger charge is -2.32. The summed E-state index contributed by atoms with van der Waals surface area (Å²) in [4.78, 5) is 2.49. The zero-order chi connectivity index (χ0) is 13.7. The van der Waals surface area contributed by atoms with Crippen LogP contribution in [0, 0.1) is 11.7 Å². The minimum Gasteiger partial charge on any atom is -0.316 e. The van der Waals surface area contributed by atoms with Gasteiger partial charge in [-0.1, -0.05) is 12.1 Å². The Labute approximate surface area is 116 Å². The average Bonchev–Trinajstić information content (AvgIpc) is 2.41. The third-order valence-electron chi connectivity index (χ3n) is 3.92. The molecule has 1 N–H and O–H groups in total. The van der Waals surface area contributed by atoms with Gasteiger partial charge in [0, 0.05) is 19.1 Å². The molecule has 2 nitrogen and oxygen atoms in total. The standard InChI is InChI=1S/C16H25FN2/c1-13(2)19(12-15-4-3-9-18-10-15)11-14-5-7-16(17)8-6-14/h5-8,13,15,18H,3-4,9-12H2,1-2H3. The Balaban J connectivity index is 1.93. The third-order valence-corrected chi connectivity index (χ3v) is 3.92. The second-order valence-corrected chi connectivity index (χ2v) is 5.86. The number of rotatable bonds is 5. The van der Waals surface area contributed by atoms with Crippen LogP contribution in [0.25, 0.3) is 0 Å². The van der Waals surface area contributed by atoms with Crippen molar-refractivity contribution in [1.82, 2.24) is 10.2 Å². The highest BCUT2D eigenvalue weighted by Gasteiger charge is 2.18. The molecule has 106 valence electrons. The Morgan fingerprint density at radius 3 is 2.63 bits per heavy atom. The van der Waals surface area contributed by atoms with Crippen LogP contribution >= 0.6 is 0 Å². The van der Waals surface area contributed by atoms with Crippen molar-refractivity contribution >= 4 is 0 Å². The molecule has 1 atom stereocenters. The van der Waals surface area contributed by atoms with Crippen LogP contribution in [0.2, 0.25) is 0 Å². The fraction of sp³-hybridized carbons (Fsp3) is 0.625. The van der Waals surface area contributed by atoms with Crippen molar-refractivity contribution in [3.8, 4) is 0 Å². The summed E-state index contributed by atoms with van der Waals surface area (Å²) in [5, 5.41) is 3.47. The molecule has 1 heterocycles. The highest BCUT2D eigenvalue weighted by molar-refractivity contribution is 5.16. The van der Waals surface area contributed by atoms with E-state index in [9.17, 15) is 4.39 Å². The predicted octanol–water partition coefficient (Wildman–Crippen LogP) is 3.04. The fourth-order valence-electron chi connectivity index (χ4n) is 2.69. The highest BCUT2D eigenvalue weighted by atomic mass is 19.1. The number of nitrogens with one attached hydrogen (secondary N) is 1. The lowest BCUT2D eigenvalue weighted by Crippen LogP contribution is -2.40. The van der Waals surface area contributed by atoms with Crippen LogP contribution < -0.4 is 5.32 Å². The third kappa shape index (κ3) is 4.59. The first kappa shape index (κ1) is 14.5. The van der Waals surface area contributed by atoms with Gasteiger partial charge in [0.15, 0.2) is 0 Å². The maximum Gasteiger partial charge on any atom is 0.123 e. The molecule has 0 bridgehead atoms. The van der Waals surface area contributed by atoms with Crippen molar-refractivity contribution in [2.24, 2.45) is 5.92 Å². The second kappa shape index (κ2) is 7.01. The van der Waals surface area contributed by atoms with Gasteiger partial charge in [0.2, 0.25) is 0 Å². The van der Waals surface area contributed by atoms with E-state index in [0.717, 1.165) is 32.1 Å². The smallest absolute Gasteiger partial charge is 0.123 e. The Bertz CT molecular complexity index is 369. The van der Waals surface area contributed by atoms with Crippen molar-refractivity contribution in [2.75, 3.05) is 19.6 Å². The van der Waals surface area contributed by atoms with E-state index in [4.69, 9.17) is 0 Å². The number of hydrogen-bond donors (Lipinski definition) is 1. The Morgan fingerprint density at radius 2 is 2.05 bits per heavy atom. The molecule has 0 radical (unpaired) electrons. The van der Waals surface area contributed by atoms with E-state index in [1.54, 1.807) is 12.1 Å². The summed E-state index contributed by atoms with van der Waals surface area (Å²) in [6.45, 7) is 8.80. The molecule has 0 amide bonds. The Hall–Kier alpha value is -0.930. The summed E-state index contributed by atoms with van der Waals surface area (Å²) in [6, 6.07) is 7.41. The number of piperidine rings is 1. The summed E-state index contributed by atoms with van der Waals surface area (Å²) in [7, 11) is 0. The Morgan fingerprint density at radius 1 is 1.32 bits per heavy atom. The maximum absolute atomic E-state index is 12.9.